The number of urea groups is 1. The minimum atomic E-state index is -3.12. The van der Waals surface area contributed by atoms with Crippen LogP contribution < -0.4 is 16.4 Å². The summed E-state index contributed by atoms with van der Waals surface area (Å²) >= 11 is 0. The molecule has 10 heteroatoms. The maximum atomic E-state index is 13.5. The monoisotopic (exact) mass is 401 g/mol. The predicted molar refractivity (Wildman–Crippen MR) is 97.3 cm³/mol. The number of nitrogens with two attached hydrogens (primary N) is 1. The molecular formula is C18H29F2N5O3. The standard InChI is InChI=1S/C18H29F2N5O3/c1-16(19,20)11-12(13(26)23-18(21)3-4-18)22-15(28)25-9-6-17(7-10-25)5-8-24(2)14(17)27/h12H,3-11,21H2,1-2H3,(H,22,28)(H,23,26)/t12-/m0/s1. The topological polar surface area (TPSA) is 108 Å². The number of hydrogen-bond donors (Lipinski definition) is 3. The molecule has 1 spiro atoms. The van der Waals surface area contributed by atoms with E-state index in [1.807, 2.05) is 0 Å². The summed E-state index contributed by atoms with van der Waals surface area (Å²) < 4.78 is 27.1. The van der Waals surface area contributed by atoms with Gasteiger partial charge in [-0.15, -0.1) is 0 Å². The van der Waals surface area contributed by atoms with Gasteiger partial charge in [0.25, 0.3) is 0 Å². The fourth-order valence-electron chi connectivity index (χ4n) is 4.00. The molecule has 1 saturated carbocycles. The summed E-state index contributed by atoms with van der Waals surface area (Å²) in [6.07, 6.45) is 2.20. The van der Waals surface area contributed by atoms with Crippen molar-refractivity contribution in [1.29, 1.82) is 0 Å². The van der Waals surface area contributed by atoms with Gasteiger partial charge in [-0.1, -0.05) is 0 Å². The SMILES string of the molecule is CN1CCC2(CCN(C(=O)N[C@@H](CC(C)(F)F)C(=O)NC3(N)CC3)CC2)C1=O. The number of amides is 4. The third-order valence-electron chi connectivity index (χ3n) is 6.07. The lowest BCUT2D eigenvalue weighted by Crippen LogP contribution is -2.58. The van der Waals surface area contributed by atoms with E-state index in [2.05, 4.69) is 10.6 Å². The summed E-state index contributed by atoms with van der Waals surface area (Å²) in [6.45, 7) is 2.12. The predicted octanol–water partition coefficient (Wildman–Crippen LogP) is 0.619. The Morgan fingerprint density at radius 3 is 2.21 bits per heavy atom. The van der Waals surface area contributed by atoms with Gasteiger partial charge in [0, 0.05) is 33.1 Å². The summed E-state index contributed by atoms with van der Waals surface area (Å²) in [7, 11) is 1.77. The van der Waals surface area contributed by atoms with E-state index >= 15 is 0 Å². The number of carbonyl (C=O) groups excluding carboxylic acids is 3. The Labute approximate surface area is 163 Å². The van der Waals surface area contributed by atoms with Crippen LogP contribution in [-0.4, -0.2) is 72.0 Å². The number of rotatable bonds is 5. The average molecular weight is 401 g/mol. The first-order valence-electron chi connectivity index (χ1n) is 9.73. The molecule has 158 valence electrons. The van der Waals surface area contributed by atoms with E-state index < -0.39 is 41.4 Å². The molecule has 2 saturated heterocycles. The van der Waals surface area contributed by atoms with Crippen LogP contribution in [0.1, 0.15) is 45.4 Å². The van der Waals surface area contributed by atoms with Crippen molar-refractivity contribution in [2.75, 3.05) is 26.7 Å². The van der Waals surface area contributed by atoms with Crippen molar-refractivity contribution in [3.05, 3.63) is 0 Å². The molecule has 3 rings (SSSR count). The molecule has 0 bridgehead atoms. The minimum Gasteiger partial charge on any atom is -0.345 e. The number of nitrogens with one attached hydrogen (secondary N) is 2. The van der Waals surface area contributed by atoms with Crippen LogP contribution in [0.2, 0.25) is 0 Å². The zero-order chi connectivity index (χ0) is 20.7. The van der Waals surface area contributed by atoms with Crippen molar-refractivity contribution >= 4 is 17.8 Å². The molecule has 4 amide bonds. The highest BCUT2D eigenvalue weighted by Gasteiger charge is 2.48. The molecule has 0 unspecified atom stereocenters. The van der Waals surface area contributed by atoms with Crippen molar-refractivity contribution in [3.8, 4) is 0 Å². The van der Waals surface area contributed by atoms with E-state index in [1.54, 1.807) is 11.9 Å². The van der Waals surface area contributed by atoms with Gasteiger partial charge in [-0.3, -0.25) is 9.59 Å². The minimum absolute atomic E-state index is 0.105. The largest absolute Gasteiger partial charge is 0.345 e. The lowest BCUT2D eigenvalue weighted by molar-refractivity contribution is -0.137. The highest BCUT2D eigenvalue weighted by atomic mass is 19.3. The van der Waals surface area contributed by atoms with Crippen LogP contribution in [0.3, 0.4) is 0 Å². The molecule has 28 heavy (non-hydrogen) atoms. The Bertz CT molecular complexity index is 654. The second-order valence-electron chi connectivity index (χ2n) is 8.67. The van der Waals surface area contributed by atoms with E-state index in [4.69, 9.17) is 5.73 Å². The third kappa shape index (κ3) is 4.53. The van der Waals surface area contributed by atoms with Crippen molar-refractivity contribution in [3.63, 3.8) is 0 Å². The maximum absolute atomic E-state index is 13.5. The van der Waals surface area contributed by atoms with Crippen LogP contribution in [0, 0.1) is 5.41 Å². The first-order chi connectivity index (χ1) is 12.9. The Kier molecular flexibility index (Phi) is 5.28. The molecule has 4 N–H and O–H groups in total. The Hall–Kier alpha value is -1.97. The van der Waals surface area contributed by atoms with Crippen LogP contribution in [-0.2, 0) is 9.59 Å². The number of halogens is 2. The van der Waals surface area contributed by atoms with Gasteiger partial charge in [-0.25, -0.2) is 13.6 Å². The highest BCUT2D eigenvalue weighted by Crippen LogP contribution is 2.41. The van der Waals surface area contributed by atoms with Crippen molar-refractivity contribution in [1.82, 2.24) is 20.4 Å². The fourth-order valence-corrected chi connectivity index (χ4v) is 4.00. The Morgan fingerprint density at radius 2 is 1.75 bits per heavy atom. The molecule has 2 aliphatic heterocycles. The quantitative estimate of drug-likeness (QED) is 0.587. The van der Waals surface area contributed by atoms with E-state index in [0.717, 1.165) is 6.42 Å². The zero-order valence-electron chi connectivity index (χ0n) is 16.4. The molecule has 8 nitrogen and oxygen atoms in total. The van der Waals surface area contributed by atoms with E-state index in [1.165, 1.54) is 4.90 Å². The smallest absolute Gasteiger partial charge is 0.318 e. The lowest BCUT2D eigenvalue weighted by Gasteiger charge is -2.38. The molecule has 2 heterocycles. The van der Waals surface area contributed by atoms with E-state index in [0.29, 0.717) is 52.2 Å². The second kappa shape index (κ2) is 7.13. The number of alkyl halides is 2. The normalized spacial score (nSPS) is 24.2. The molecule has 0 aromatic heterocycles. The number of nitrogens with zero attached hydrogens (tertiary/aromatic N) is 2. The molecule has 0 aromatic carbocycles. The summed E-state index contributed by atoms with van der Waals surface area (Å²) in [5.41, 5.74) is 4.56. The van der Waals surface area contributed by atoms with E-state index in [9.17, 15) is 23.2 Å². The number of likely N-dealkylation sites (tertiary alicyclic amines) is 2. The molecule has 3 fully saturated rings. The summed E-state index contributed by atoms with van der Waals surface area (Å²) in [5, 5.41) is 4.97. The molecule has 0 aromatic rings. The van der Waals surface area contributed by atoms with Crippen LogP contribution in [0.4, 0.5) is 13.6 Å². The highest BCUT2D eigenvalue weighted by molar-refractivity contribution is 5.88. The van der Waals surface area contributed by atoms with Crippen molar-refractivity contribution in [2.24, 2.45) is 11.1 Å². The Balaban J connectivity index is 1.59. The van der Waals surface area contributed by atoms with E-state index in [-0.39, 0.29) is 5.91 Å². The summed E-state index contributed by atoms with van der Waals surface area (Å²) in [6, 6.07) is -1.94. The number of piperidine rings is 1. The summed E-state index contributed by atoms with van der Waals surface area (Å²) in [5.74, 6) is -3.71. The summed E-state index contributed by atoms with van der Waals surface area (Å²) in [4.78, 5) is 40.5. The van der Waals surface area contributed by atoms with Crippen LogP contribution in [0.5, 0.6) is 0 Å². The second-order valence-corrected chi connectivity index (χ2v) is 8.67. The van der Waals surface area contributed by atoms with Crippen LogP contribution in [0.15, 0.2) is 0 Å². The van der Waals surface area contributed by atoms with Gasteiger partial charge in [0.15, 0.2) is 0 Å². The molecule has 3 aliphatic rings. The zero-order valence-corrected chi connectivity index (χ0v) is 16.4. The number of carbonyl (C=O) groups is 3. The van der Waals surface area contributed by atoms with Crippen LogP contribution in [0.25, 0.3) is 0 Å². The molecule has 0 radical (unpaired) electrons. The molecule has 1 aliphatic carbocycles. The first-order valence-corrected chi connectivity index (χ1v) is 9.73. The molecular weight excluding hydrogens is 372 g/mol. The van der Waals surface area contributed by atoms with Crippen molar-refractivity contribution in [2.45, 2.75) is 63.1 Å². The van der Waals surface area contributed by atoms with Gasteiger partial charge >= 0.3 is 6.03 Å². The third-order valence-corrected chi connectivity index (χ3v) is 6.07. The first kappa shape index (κ1) is 20.8. The van der Waals surface area contributed by atoms with Gasteiger partial charge < -0.3 is 26.2 Å². The fraction of sp³-hybridized carbons (Fsp3) is 0.833. The maximum Gasteiger partial charge on any atom is 0.318 e. The number of hydrogen-bond acceptors (Lipinski definition) is 4. The van der Waals surface area contributed by atoms with Crippen molar-refractivity contribution < 1.29 is 23.2 Å². The average Bonchev–Trinajstić information content (AvgIpc) is 3.27. The van der Waals surface area contributed by atoms with Gasteiger partial charge in [0.05, 0.1) is 11.1 Å². The lowest BCUT2D eigenvalue weighted by atomic mass is 9.77. The van der Waals surface area contributed by atoms with Crippen LogP contribution >= 0.6 is 0 Å². The van der Waals surface area contributed by atoms with Gasteiger partial charge in [0.1, 0.15) is 6.04 Å². The van der Waals surface area contributed by atoms with Gasteiger partial charge in [-0.05, 0) is 39.0 Å². The van der Waals surface area contributed by atoms with Gasteiger partial charge in [-0.2, -0.15) is 0 Å². The van der Waals surface area contributed by atoms with Gasteiger partial charge in [0.2, 0.25) is 17.7 Å². The molecule has 1 atom stereocenters. The Morgan fingerprint density at radius 1 is 1.18 bits per heavy atom.